The fourth-order valence-corrected chi connectivity index (χ4v) is 2.89. The molecule has 0 radical (unpaired) electrons. The molecule has 78 valence electrons. The maximum atomic E-state index is 5.64. The SMILES string of the molecule is CC(CN)CN1CCSC(C)C1C. The largest absolute Gasteiger partial charge is 0.330 e. The van der Waals surface area contributed by atoms with Crippen LogP contribution in [0, 0.1) is 5.92 Å². The van der Waals surface area contributed by atoms with Gasteiger partial charge in [0.2, 0.25) is 0 Å². The molecule has 0 aromatic rings. The molecule has 2 N–H and O–H groups in total. The number of hydrogen-bond acceptors (Lipinski definition) is 3. The van der Waals surface area contributed by atoms with Crippen molar-refractivity contribution in [1.82, 2.24) is 4.90 Å². The third-order valence-electron chi connectivity index (χ3n) is 2.96. The quantitative estimate of drug-likeness (QED) is 0.750. The van der Waals surface area contributed by atoms with Gasteiger partial charge in [0.1, 0.15) is 0 Å². The highest BCUT2D eigenvalue weighted by atomic mass is 32.2. The molecule has 13 heavy (non-hydrogen) atoms. The van der Waals surface area contributed by atoms with Crippen molar-refractivity contribution >= 4 is 11.8 Å². The van der Waals surface area contributed by atoms with E-state index in [1.54, 1.807) is 0 Å². The average Bonchev–Trinajstić information content (AvgIpc) is 2.13. The summed E-state index contributed by atoms with van der Waals surface area (Å²) in [6.07, 6.45) is 0. The van der Waals surface area contributed by atoms with Crippen LogP contribution in [0.25, 0.3) is 0 Å². The minimum Gasteiger partial charge on any atom is -0.330 e. The zero-order valence-electron chi connectivity index (χ0n) is 8.99. The maximum absolute atomic E-state index is 5.64. The highest BCUT2D eigenvalue weighted by molar-refractivity contribution is 8.00. The number of nitrogens with zero attached hydrogens (tertiary/aromatic N) is 1. The summed E-state index contributed by atoms with van der Waals surface area (Å²) in [4.78, 5) is 2.58. The molecule has 1 aliphatic heterocycles. The van der Waals surface area contributed by atoms with Crippen LogP contribution in [0.3, 0.4) is 0 Å². The predicted molar refractivity (Wildman–Crippen MR) is 61.2 cm³/mol. The van der Waals surface area contributed by atoms with E-state index < -0.39 is 0 Å². The van der Waals surface area contributed by atoms with Gasteiger partial charge in [0, 0.05) is 30.1 Å². The first-order valence-electron chi connectivity index (χ1n) is 5.21. The Hall–Kier alpha value is 0.270. The molecular weight excluding hydrogens is 180 g/mol. The predicted octanol–water partition coefficient (Wildman–Crippen LogP) is 1.41. The molecule has 2 nitrogen and oxygen atoms in total. The van der Waals surface area contributed by atoms with Crippen LogP contribution in [0.15, 0.2) is 0 Å². The van der Waals surface area contributed by atoms with Crippen LogP contribution in [0.2, 0.25) is 0 Å². The van der Waals surface area contributed by atoms with Crippen molar-refractivity contribution in [3.8, 4) is 0 Å². The van der Waals surface area contributed by atoms with Gasteiger partial charge in [-0.05, 0) is 19.4 Å². The Morgan fingerprint density at radius 3 is 2.85 bits per heavy atom. The zero-order valence-corrected chi connectivity index (χ0v) is 9.81. The molecule has 1 saturated heterocycles. The van der Waals surface area contributed by atoms with Crippen molar-refractivity contribution in [2.45, 2.75) is 32.1 Å². The van der Waals surface area contributed by atoms with Gasteiger partial charge in [0.15, 0.2) is 0 Å². The smallest absolute Gasteiger partial charge is 0.0184 e. The van der Waals surface area contributed by atoms with E-state index in [0.29, 0.717) is 12.0 Å². The summed E-state index contributed by atoms with van der Waals surface area (Å²) in [5, 5.41) is 0.777. The number of thioether (sulfide) groups is 1. The molecule has 0 bridgehead atoms. The third-order valence-corrected chi connectivity index (χ3v) is 4.30. The van der Waals surface area contributed by atoms with E-state index in [0.717, 1.165) is 11.8 Å². The molecule has 3 atom stereocenters. The Labute approximate surface area is 86.2 Å². The lowest BCUT2D eigenvalue weighted by Gasteiger charge is -2.38. The van der Waals surface area contributed by atoms with Crippen LogP contribution < -0.4 is 5.73 Å². The molecule has 1 heterocycles. The zero-order chi connectivity index (χ0) is 9.84. The topological polar surface area (TPSA) is 29.3 Å². The molecular formula is C10H22N2S. The molecule has 1 fully saturated rings. The van der Waals surface area contributed by atoms with Crippen LogP contribution >= 0.6 is 11.8 Å². The first-order valence-corrected chi connectivity index (χ1v) is 6.25. The van der Waals surface area contributed by atoms with Crippen LogP contribution in [0.4, 0.5) is 0 Å². The Balaban J connectivity index is 2.39. The van der Waals surface area contributed by atoms with Crippen molar-refractivity contribution in [3.05, 3.63) is 0 Å². The minimum absolute atomic E-state index is 0.637. The summed E-state index contributed by atoms with van der Waals surface area (Å²) < 4.78 is 0. The lowest BCUT2D eigenvalue weighted by molar-refractivity contribution is 0.187. The van der Waals surface area contributed by atoms with Gasteiger partial charge in [-0.3, -0.25) is 4.90 Å². The highest BCUT2D eigenvalue weighted by Gasteiger charge is 2.25. The van der Waals surface area contributed by atoms with Crippen molar-refractivity contribution in [2.24, 2.45) is 11.7 Å². The molecule has 1 rings (SSSR count). The van der Waals surface area contributed by atoms with E-state index in [1.807, 2.05) is 0 Å². The Kier molecular flexibility index (Phi) is 4.56. The second-order valence-electron chi connectivity index (χ2n) is 4.15. The normalized spacial score (nSPS) is 33.2. The third kappa shape index (κ3) is 3.15. The average molecular weight is 202 g/mol. The van der Waals surface area contributed by atoms with Crippen LogP contribution in [0.1, 0.15) is 20.8 Å². The molecule has 0 amide bonds. The fraction of sp³-hybridized carbons (Fsp3) is 1.00. The van der Waals surface area contributed by atoms with E-state index in [2.05, 4.69) is 37.4 Å². The molecule has 3 unspecified atom stereocenters. The van der Waals surface area contributed by atoms with E-state index in [1.165, 1.54) is 18.8 Å². The number of hydrogen-bond donors (Lipinski definition) is 1. The van der Waals surface area contributed by atoms with E-state index in [-0.39, 0.29) is 0 Å². The van der Waals surface area contributed by atoms with Gasteiger partial charge < -0.3 is 5.73 Å². The minimum atomic E-state index is 0.637. The molecule has 0 saturated carbocycles. The Bertz CT molecular complexity index is 152. The van der Waals surface area contributed by atoms with Crippen LogP contribution in [0.5, 0.6) is 0 Å². The van der Waals surface area contributed by atoms with Gasteiger partial charge >= 0.3 is 0 Å². The van der Waals surface area contributed by atoms with Crippen molar-refractivity contribution in [2.75, 3.05) is 25.4 Å². The summed E-state index contributed by atoms with van der Waals surface area (Å²) in [5.74, 6) is 1.92. The number of rotatable bonds is 3. The fourth-order valence-electron chi connectivity index (χ4n) is 1.73. The number of nitrogens with two attached hydrogens (primary N) is 1. The summed E-state index contributed by atoms with van der Waals surface area (Å²) in [7, 11) is 0. The molecule has 0 spiro atoms. The Morgan fingerprint density at radius 1 is 1.54 bits per heavy atom. The maximum Gasteiger partial charge on any atom is 0.0184 e. The highest BCUT2D eigenvalue weighted by Crippen LogP contribution is 2.24. The summed E-state index contributed by atoms with van der Waals surface area (Å²) in [5.41, 5.74) is 5.64. The van der Waals surface area contributed by atoms with Crippen LogP contribution in [-0.4, -0.2) is 41.6 Å². The first kappa shape index (κ1) is 11.3. The van der Waals surface area contributed by atoms with Gasteiger partial charge in [-0.2, -0.15) is 11.8 Å². The first-order chi connectivity index (χ1) is 6.15. The van der Waals surface area contributed by atoms with Crippen LogP contribution in [-0.2, 0) is 0 Å². The summed E-state index contributed by atoms with van der Waals surface area (Å²) >= 11 is 2.09. The second-order valence-corrected chi connectivity index (χ2v) is 5.64. The van der Waals surface area contributed by atoms with Gasteiger partial charge in [-0.1, -0.05) is 13.8 Å². The van der Waals surface area contributed by atoms with Gasteiger partial charge in [0.25, 0.3) is 0 Å². The monoisotopic (exact) mass is 202 g/mol. The molecule has 1 aliphatic rings. The van der Waals surface area contributed by atoms with Gasteiger partial charge in [-0.15, -0.1) is 0 Å². The van der Waals surface area contributed by atoms with E-state index in [4.69, 9.17) is 5.73 Å². The molecule has 3 heteroatoms. The molecule has 0 aromatic heterocycles. The summed E-state index contributed by atoms with van der Waals surface area (Å²) in [6.45, 7) is 10.1. The molecule has 0 aromatic carbocycles. The van der Waals surface area contributed by atoms with Gasteiger partial charge in [-0.25, -0.2) is 0 Å². The standard InChI is InChI=1S/C10H22N2S/c1-8(6-11)7-12-4-5-13-10(3)9(12)2/h8-10H,4-7,11H2,1-3H3. The van der Waals surface area contributed by atoms with E-state index in [9.17, 15) is 0 Å². The van der Waals surface area contributed by atoms with Crippen molar-refractivity contribution in [1.29, 1.82) is 0 Å². The summed E-state index contributed by atoms with van der Waals surface area (Å²) in [6, 6.07) is 0.716. The lowest BCUT2D eigenvalue weighted by Crippen LogP contribution is -2.47. The Morgan fingerprint density at radius 2 is 2.23 bits per heavy atom. The van der Waals surface area contributed by atoms with E-state index >= 15 is 0 Å². The second kappa shape index (κ2) is 5.23. The molecule has 0 aliphatic carbocycles. The lowest BCUT2D eigenvalue weighted by atomic mass is 10.1. The van der Waals surface area contributed by atoms with Crippen molar-refractivity contribution in [3.63, 3.8) is 0 Å². The van der Waals surface area contributed by atoms with Gasteiger partial charge in [0.05, 0.1) is 0 Å². The van der Waals surface area contributed by atoms with Crippen molar-refractivity contribution < 1.29 is 0 Å².